The first-order chi connectivity index (χ1) is 11.8. The van der Waals surface area contributed by atoms with Gasteiger partial charge in [0.2, 0.25) is 0 Å². The van der Waals surface area contributed by atoms with Crippen molar-refractivity contribution in [2.75, 3.05) is 19.5 Å². The first kappa shape index (κ1) is 16.5. The summed E-state index contributed by atoms with van der Waals surface area (Å²) in [4.78, 5) is 7.84. The molecule has 1 N–H and O–H groups in total. The molecule has 0 aliphatic heterocycles. The Hall–Kier alpha value is -2.40. The van der Waals surface area contributed by atoms with Crippen molar-refractivity contribution in [1.82, 2.24) is 9.97 Å². The van der Waals surface area contributed by atoms with Crippen LogP contribution in [0, 0.1) is 0 Å². The third-order valence-electron chi connectivity index (χ3n) is 3.49. The second-order valence-corrected chi connectivity index (χ2v) is 6.25. The van der Waals surface area contributed by atoms with Crippen LogP contribution in [0.4, 0.5) is 0 Å². The number of nitrogens with zero attached hydrogens (tertiary/aromatic N) is 1. The van der Waals surface area contributed by atoms with E-state index in [1.807, 2.05) is 61.5 Å². The number of allylic oxidation sites excluding steroid dienone is 1. The van der Waals surface area contributed by atoms with Gasteiger partial charge < -0.3 is 14.5 Å². The molecule has 1 aromatic heterocycles. The zero-order valence-corrected chi connectivity index (χ0v) is 14.6. The number of hydrogen-bond acceptors (Lipinski definition) is 4. The molecule has 0 amide bonds. The lowest BCUT2D eigenvalue weighted by molar-refractivity contribution is 0.313. The number of rotatable bonds is 7. The molecule has 0 saturated carbocycles. The fraction of sp³-hybridized carbons (Fsp3) is 0.211. The molecule has 124 valence electrons. The molecule has 0 unspecified atom stereocenters. The van der Waals surface area contributed by atoms with Crippen LogP contribution in [0.25, 0.3) is 17.1 Å². The van der Waals surface area contributed by atoms with E-state index < -0.39 is 0 Å². The maximum atomic E-state index is 5.85. The summed E-state index contributed by atoms with van der Waals surface area (Å²) in [6.45, 7) is 2.58. The van der Waals surface area contributed by atoms with Gasteiger partial charge in [-0.15, -0.1) is 0 Å². The summed E-state index contributed by atoms with van der Waals surface area (Å²) in [6.07, 6.45) is 4.03. The van der Waals surface area contributed by atoms with Gasteiger partial charge in [-0.25, -0.2) is 4.98 Å². The number of fused-ring (bicyclic) bond motifs is 1. The Balaban J connectivity index is 1.56. The van der Waals surface area contributed by atoms with Gasteiger partial charge in [0.15, 0.2) is 16.7 Å². The van der Waals surface area contributed by atoms with Crippen LogP contribution >= 0.6 is 11.8 Å². The Morgan fingerprint density at radius 1 is 1.17 bits per heavy atom. The molecule has 24 heavy (non-hydrogen) atoms. The fourth-order valence-electron chi connectivity index (χ4n) is 2.39. The van der Waals surface area contributed by atoms with E-state index in [-0.39, 0.29) is 0 Å². The number of benzene rings is 2. The molecule has 0 fully saturated rings. The highest BCUT2D eigenvalue weighted by atomic mass is 32.2. The summed E-state index contributed by atoms with van der Waals surface area (Å²) in [7, 11) is 1.66. The predicted molar refractivity (Wildman–Crippen MR) is 100 cm³/mol. The molecule has 0 atom stereocenters. The molecule has 3 aromatic rings. The standard InChI is InChI=1S/C19H20N2O2S/c1-3-6-14-9-10-17(18(13-14)22-2)23-11-12-24-19-20-15-7-4-5-8-16(15)21-19/h3-10,13H,11-12H2,1-2H3,(H,20,21)/b6-3+. The van der Waals surface area contributed by atoms with Crippen LogP contribution in [0.3, 0.4) is 0 Å². The molecule has 0 aliphatic carbocycles. The van der Waals surface area contributed by atoms with E-state index in [0.717, 1.165) is 39.0 Å². The van der Waals surface area contributed by atoms with Crippen molar-refractivity contribution in [3.63, 3.8) is 0 Å². The summed E-state index contributed by atoms with van der Waals surface area (Å²) in [5, 5.41) is 0.912. The Morgan fingerprint density at radius 2 is 2.04 bits per heavy atom. The average molecular weight is 340 g/mol. The van der Waals surface area contributed by atoms with E-state index in [1.165, 1.54) is 0 Å². The lowest BCUT2D eigenvalue weighted by Gasteiger charge is -2.11. The van der Waals surface area contributed by atoms with E-state index in [1.54, 1.807) is 18.9 Å². The van der Waals surface area contributed by atoms with E-state index >= 15 is 0 Å². The predicted octanol–water partition coefficient (Wildman–Crippen LogP) is 4.78. The van der Waals surface area contributed by atoms with Crippen molar-refractivity contribution in [3.8, 4) is 11.5 Å². The third kappa shape index (κ3) is 3.92. The molecule has 0 spiro atoms. The number of aromatic nitrogens is 2. The quantitative estimate of drug-likeness (QED) is 0.497. The highest BCUT2D eigenvalue weighted by Gasteiger charge is 2.06. The van der Waals surface area contributed by atoms with E-state index in [2.05, 4.69) is 9.97 Å². The number of hydrogen-bond donors (Lipinski definition) is 1. The van der Waals surface area contributed by atoms with E-state index in [9.17, 15) is 0 Å². The summed E-state index contributed by atoms with van der Waals surface area (Å²) in [6, 6.07) is 14.0. The second kappa shape index (κ2) is 7.93. The van der Waals surface area contributed by atoms with E-state index in [4.69, 9.17) is 9.47 Å². The van der Waals surface area contributed by atoms with Crippen molar-refractivity contribution in [2.45, 2.75) is 12.1 Å². The largest absolute Gasteiger partial charge is 0.493 e. The first-order valence-corrected chi connectivity index (χ1v) is 8.80. The smallest absolute Gasteiger partial charge is 0.166 e. The van der Waals surface area contributed by atoms with Gasteiger partial charge in [0.05, 0.1) is 24.8 Å². The Morgan fingerprint density at radius 3 is 2.83 bits per heavy atom. The molecule has 0 radical (unpaired) electrons. The number of H-pyrrole nitrogens is 1. The van der Waals surface area contributed by atoms with Gasteiger partial charge >= 0.3 is 0 Å². The Bertz CT molecular complexity index is 809. The van der Waals surface area contributed by atoms with Crippen molar-refractivity contribution in [1.29, 1.82) is 0 Å². The van der Waals surface area contributed by atoms with Gasteiger partial charge in [0, 0.05) is 5.75 Å². The lowest BCUT2D eigenvalue weighted by Crippen LogP contribution is -2.02. The minimum absolute atomic E-state index is 0.584. The molecular formula is C19H20N2O2S. The number of thioether (sulfide) groups is 1. The molecule has 0 bridgehead atoms. The number of aromatic amines is 1. The molecule has 2 aromatic carbocycles. The highest BCUT2D eigenvalue weighted by Crippen LogP contribution is 2.29. The number of nitrogens with one attached hydrogen (secondary N) is 1. The Labute approximate surface area is 145 Å². The summed E-state index contributed by atoms with van der Waals surface area (Å²) in [5.74, 6) is 2.31. The first-order valence-electron chi connectivity index (χ1n) is 7.81. The maximum Gasteiger partial charge on any atom is 0.166 e. The minimum Gasteiger partial charge on any atom is -0.493 e. The second-order valence-electron chi connectivity index (χ2n) is 5.17. The SMILES string of the molecule is C/C=C/c1ccc(OCCSc2nc3ccccc3[nH]2)c(OC)c1. The molecular weight excluding hydrogens is 320 g/mol. The van der Waals surface area contributed by atoms with Crippen molar-refractivity contribution >= 4 is 28.9 Å². The molecule has 5 heteroatoms. The van der Waals surface area contributed by atoms with Crippen molar-refractivity contribution in [3.05, 3.63) is 54.1 Å². The van der Waals surface area contributed by atoms with Crippen molar-refractivity contribution in [2.24, 2.45) is 0 Å². The normalized spacial score (nSPS) is 11.2. The monoisotopic (exact) mass is 340 g/mol. The average Bonchev–Trinajstić information content (AvgIpc) is 3.02. The number of ether oxygens (including phenoxy) is 2. The van der Waals surface area contributed by atoms with Gasteiger partial charge in [-0.05, 0) is 36.8 Å². The molecule has 1 heterocycles. The van der Waals surface area contributed by atoms with Gasteiger partial charge in [0.25, 0.3) is 0 Å². The highest BCUT2D eigenvalue weighted by molar-refractivity contribution is 7.99. The van der Waals surface area contributed by atoms with Crippen LogP contribution in [0.5, 0.6) is 11.5 Å². The van der Waals surface area contributed by atoms with Crippen LogP contribution in [0.2, 0.25) is 0 Å². The number of imidazole rings is 1. The van der Waals surface area contributed by atoms with Crippen molar-refractivity contribution < 1.29 is 9.47 Å². The molecule has 0 saturated heterocycles. The van der Waals surface area contributed by atoms with Gasteiger partial charge in [-0.3, -0.25) is 0 Å². The van der Waals surface area contributed by atoms with Gasteiger partial charge in [-0.2, -0.15) is 0 Å². The van der Waals surface area contributed by atoms with Crippen LogP contribution in [-0.2, 0) is 0 Å². The number of para-hydroxylation sites is 2. The summed E-state index contributed by atoms with van der Waals surface area (Å²) >= 11 is 1.65. The maximum absolute atomic E-state index is 5.85. The minimum atomic E-state index is 0.584. The molecule has 4 nitrogen and oxygen atoms in total. The fourth-order valence-corrected chi connectivity index (χ4v) is 3.09. The van der Waals surface area contributed by atoms with E-state index in [0.29, 0.717) is 6.61 Å². The molecule has 3 rings (SSSR count). The summed E-state index contributed by atoms with van der Waals surface area (Å²) < 4.78 is 11.2. The van der Waals surface area contributed by atoms with Crippen LogP contribution < -0.4 is 9.47 Å². The third-order valence-corrected chi connectivity index (χ3v) is 4.33. The van der Waals surface area contributed by atoms with Crippen LogP contribution in [0.15, 0.2) is 53.7 Å². The lowest BCUT2D eigenvalue weighted by atomic mass is 10.2. The summed E-state index contributed by atoms with van der Waals surface area (Å²) in [5.41, 5.74) is 3.14. The van der Waals surface area contributed by atoms with Gasteiger partial charge in [0.1, 0.15) is 0 Å². The van der Waals surface area contributed by atoms with Crippen LogP contribution in [0.1, 0.15) is 12.5 Å². The zero-order chi connectivity index (χ0) is 16.8. The number of methoxy groups -OCH3 is 1. The van der Waals surface area contributed by atoms with Crippen LogP contribution in [-0.4, -0.2) is 29.4 Å². The molecule has 0 aliphatic rings. The van der Waals surface area contributed by atoms with Gasteiger partial charge in [-0.1, -0.05) is 42.1 Å². The Kier molecular flexibility index (Phi) is 5.43. The topological polar surface area (TPSA) is 47.1 Å². The zero-order valence-electron chi connectivity index (χ0n) is 13.8.